The second-order valence-electron chi connectivity index (χ2n) is 5.06. The summed E-state index contributed by atoms with van der Waals surface area (Å²) in [5.41, 5.74) is 0.370. The predicted octanol–water partition coefficient (Wildman–Crippen LogP) is 3.39. The first-order valence-electron chi connectivity index (χ1n) is 7.25. The van der Waals surface area contributed by atoms with E-state index in [-0.39, 0.29) is 17.8 Å². The first-order chi connectivity index (χ1) is 11.3. The van der Waals surface area contributed by atoms with E-state index in [2.05, 4.69) is 25.7 Å². The maximum absolute atomic E-state index is 12.9. The molecule has 0 radical (unpaired) electrons. The van der Waals surface area contributed by atoms with Crippen LogP contribution in [0.5, 0.6) is 0 Å². The van der Waals surface area contributed by atoms with Crippen LogP contribution in [0.25, 0.3) is 0 Å². The van der Waals surface area contributed by atoms with Crippen LogP contribution in [0.4, 0.5) is 30.6 Å². The Morgan fingerprint density at radius 1 is 1.38 bits per heavy atom. The van der Waals surface area contributed by atoms with Gasteiger partial charge in [-0.05, 0) is 13.3 Å². The standard InChI is InChI=1S/C14H18F3N7/c1-4-9(5-18)24-8(2)11(7-21-24)22-13-20-6-10(14(15,16)17)12(19-3)23-13/h5-7,9,18H,4H2,1-3H3,(H2,19,20,22,23)/t9-/m0/s1. The highest BCUT2D eigenvalue weighted by atomic mass is 19.4. The van der Waals surface area contributed by atoms with Crippen molar-refractivity contribution in [3.63, 3.8) is 0 Å². The molecule has 0 aliphatic rings. The molecule has 0 aromatic carbocycles. The highest BCUT2D eigenvalue weighted by molar-refractivity contribution is 5.62. The molecule has 0 unspecified atom stereocenters. The number of nitrogens with one attached hydrogen (secondary N) is 3. The molecule has 2 heterocycles. The summed E-state index contributed by atoms with van der Waals surface area (Å²) in [6.45, 7) is 3.73. The van der Waals surface area contributed by atoms with Gasteiger partial charge in [-0.2, -0.15) is 23.3 Å². The van der Waals surface area contributed by atoms with Gasteiger partial charge in [0.1, 0.15) is 11.4 Å². The van der Waals surface area contributed by atoms with Gasteiger partial charge < -0.3 is 16.0 Å². The van der Waals surface area contributed by atoms with Gasteiger partial charge in [-0.25, -0.2) is 4.98 Å². The van der Waals surface area contributed by atoms with Crippen molar-refractivity contribution in [2.24, 2.45) is 0 Å². The molecule has 0 amide bonds. The Morgan fingerprint density at radius 2 is 2.08 bits per heavy atom. The molecule has 0 aliphatic carbocycles. The maximum Gasteiger partial charge on any atom is 0.421 e. The van der Waals surface area contributed by atoms with Gasteiger partial charge in [0.2, 0.25) is 5.95 Å². The smallest absolute Gasteiger partial charge is 0.372 e. The number of aromatic nitrogens is 4. The number of rotatable bonds is 6. The molecule has 2 rings (SSSR count). The number of hydrogen-bond acceptors (Lipinski definition) is 6. The second kappa shape index (κ2) is 6.85. The van der Waals surface area contributed by atoms with E-state index in [1.165, 1.54) is 19.5 Å². The van der Waals surface area contributed by atoms with Gasteiger partial charge in [-0.15, -0.1) is 0 Å². The Morgan fingerprint density at radius 3 is 2.62 bits per heavy atom. The van der Waals surface area contributed by atoms with E-state index in [4.69, 9.17) is 5.41 Å². The largest absolute Gasteiger partial charge is 0.421 e. The molecule has 0 bridgehead atoms. The lowest BCUT2D eigenvalue weighted by molar-refractivity contribution is -0.137. The van der Waals surface area contributed by atoms with Crippen molar-refractivity contribution in [1.82, 2.24) is 19.7 Å². The third kappa shape index (κ3) is 3.47. The molecule has 0 fully saturated rings. The molecule has 2 aromatic heterocycles. The monoisotopic (exact) mass is 341 g/mol. The normalized spacial score (nSPS) is 12.8. The molecular weight excluding hydrogens is 323 g/mol. The summed E-state index contributed by atoms with van der Waals surface area (Å²) in [6, 6.07) is -0.179. The van der Waals surface area contributed by atoms with Gasteiger partial charge in [0, 0.05) is 19.5 Å². The van der Waals surface area contributed by atoms with Gasteiger partial charge in [-0.3, -0.25) is 4.68 Å². The van der Waals surface area contributed by atoms with Crippen LogP contribution in [-0.2, 0) is 6.18 Å². The lowest BCUT2D eigenvalue weighted by Gasteiger charge is -2.14. The van der Waals surface area contributed by atoms with Crippen molar-refractivity contribution >= 4 is 23.7 Å². The number of hydrogen-bond donors (Lipinski definition) is 3. The van der Waals surface area contributed by atoms with Crippen LogP contribution in [0.1, 0.15) is 30.6 Å². The summed E-state index contributed by atoms with van der Waals surface area (Å²) < 4.78 is 40.2. The summed E-state index contributed by atoms with van der Waals surface area (Å²) >= 11 is 0. The fourth-order valence-electron chi connectivity index (χ4n) is 2.20. The summed E-state index contributed by atoms with van der Waals surface area (Å²) in [7, 11) is 1.36. The van der Waals surface area contributed by atoms with Crippen LogP contribution in [0.3, 0.4) is 0 Å². The average Bonchev–Trinajstić information content (AvgIpc) is 2.89. The minimum atomic E-state index is -4.53. The Hall–Kier alpha value is -2.65. The van der Waals surface area contributed by atoms with Crippen LogP contribution in [0.15, 0.2) is 12.4 Å². The van der Waals surface area contributed by atoms with Gasteiger partial charge in [-0.1, -0.05) is 6.92 Å². The van der Waals surface area contributed by atoms with Gasteiger partial charge >= 0.3 is 6.18 Å². The lowest BCUT2D eigenvalue weighted by Crippen LogP contribution is -2.13. The van der Waals surface area contributed by atoms with Crippen LogP contribution in [-0.4, -0.2) is 33.0 Å². The maximum atomic E-state index is 12.9. The van der Waals surface area contributed by atoms with Crippen LogP contribution in [0, 0.1) is 12.3 Å². The fraction of sp³-hybridized carbons (Fsp3) is 0.429. The molecule has 0 saturated heterocycles. The molecule has 2 aromatic rings. The Kier molecular flexibility index (Phi) is 5.05. The summed E-state index contributed by atoms with van der Waals surface area (Å²) in [6.07, 6.45) is -0.283. The van der Waals surface area contributed by atoms with E-state index >= 15 is 0 Å². The molecule has 130 valence electrons. The Balaban J connectivity index is 2.31. The lowest BCUT2D eigenvalue weighted by atomic mass is 10.2. The molecule has 0 aliphatic heterocycles. The summed E-state index contributed by atoms with van der Waals surface area (Å²) in [5.74, 6) is -0.283. The van der Waals surface area contributed by atoms with Crippen molar-refractivity contribution < 1.29 is 13.2 Å². The highest BCUT2D eigenvalue weighted by Crippen LogP contribution is 2.34. The first kappa shape index (κ1) is 17.7. The van der Waals surface area contributed by atoms with Crippen molar-refractivity contribution in [1.29, 1.82) is 5.41 Å². The fourth-order valence-corrected chi connectivity index (χ4v) is 2.20. The third-order valence-corrected chi connectivity index (χ3v) is 3.55. The van der Waals surface area contributed by atoms with Crippen molar-refractivity contribution in [3.8, 4) is 0 Å². The summed E-state index contributed by atoms with van der Waals surface area (Å²) in [5, 5.41) is 16.9. The van der Waals surface area contributed by atoms with E-state index in [0.29, 0.717) is 12.1 Å². The molecule has 10 heteroatoms. The van der Waals surface area contributed by atoms with Gasteiger partial charge in [0.05, 0.1) is 23.6 Å². The molecular formula is C14H18F3N7. The van der Waals surface area contributed by atoms with E-state index in [1.807, 2.05) is 6.92 Å². The number of alkyl halides is 3. The zero-order chi connectivity index (χ0) is 17.9. The number of anilines is 3. The first-order valence-corrected chi connectivity index (χ1v) is 7.25. The number of nitrogens with zero attached hydrogens (tertiary/aromatic N) is 4. The summed E-state index contributed by atoms with van der Waals surface area (Å²) in [4.78, 5) is 7.57. The van der Waals surface area contributed by atoms with Crippen LogP contribution in [0.2, 0.25) is 0 Å². The van der Waals surface area contributed by atoms with Crippen molar-refractivity contribution in [2.75, 3.05) is 17.7 Å². The van der Waals surface area contributed by atoms with E-state index in [1.54, 1.807) is 11.6 Å². The van der Waals surface area contributed by atoms with E-state index < -0.39 is 11.7 Å². The Labute approximate surface area is 136 Å². The van der Waals surface area contributed by atoms with E-state index in [0.717, 1.165) is 11.9 Å². The quantitative estimate of drug-likeness (QED) is 0.701. The van der Waals surface area contributed by atoms with Gasteiger partial charge in [0.25, 0.3) is 0 Å². The minimum absolute atomic E-state index is 0.0258. The molecule has 24 heavy (non-hydrogen) atoms. The SMILES string of the molecule is CC[C@@H](C=N)n1ncc(Nc2ncc(C(F)(F)F)c(NC)n2)c1C. The topological polar surface area (TPSA) is 91.5 Å². The predicted molar refractivity (Wildman–Crippen MR) is 84.9 cm³/mol. The molecule has 3 N–H and O–H groups in total. The zero-order valence-corrected chi connectivity index (χ0v) is 13.4. The third-order valence-electron chi connectivity index (χ3n) is 3.55. The van der Waals surface area contributed by atoms with E-state index in [9.17, 15) is 13.2 Å². The minimum Gasteiger partial charge on any atom is -0.372 e. The molecule has 7 nitrogen and oxygen atoms in total. The van der Waals surface area contributed by atoms with Crippen molar-refractivity contribution in [3.05, 3.63) is 23.7 Å². The highest BCUT2D eigenvalue weighted by Gasteiger charge is 2.35. The molecule has 0 spiro atoms. The molecule has 0 saturated carbocycles. The zero-order valence-electron chi connectivity index (χ0n) is 13.4. The second-order valence-corrected chi connectivity index (χ2v) is 5.06. The van der Waals surface area contributed by atoms with Crippen LogP contribution >= 0.6 is 0 Å². The Bertz CT molecular complexity index is 724. The molecule has 1 atom stereocenters. The number of halogens is 3. The average molecular weight is 341 g/mol. The van der Waals surface area contributed by atoms with Crippen molar-refractivity contribution in [2.45, 2.75) is 32.5 Å². The van der Waals surface area contributed by atoms with Crippen LogP contribution < -0.4 is 10.6 Å². The van der Waals surface area contributed by atoms with Gasteiger partial charge in [0.15, 0.2) is 0 Å².